The van der Waals surface area contributed by atoms with Crippen LogP contribution in [0.5, 0.6) is 5.75 Å². The van der Waals surface area contributed by atoms with Gasteiger partial charge in [-0.1, -0.05) is 42.5 Å². The number of nitrogens with one attached hydrogen (secondary N) is 1. The van der Waals surface area contributed by atoms with Crippen molar-refractivity contribution in [3.8, 4) is 5.75 Å². The van der Waals surface area contributed by atoms with Crippen LogP contribution in [-0.2, 0) is 6.61 Å². The number of aromatic amines is 1. The summed E-state index contributed by atoms with van der Waals surface area (Å²) in [4.78, 5) is 41.2. The molecule has 5 rings (SSSR count). The molecule has 0 atom stereocenters. The molecule has 3 aromatic carbocycles. The van der Waals surface area contributed by atoms with Crippen molar-refractivity contribution in [1.82, 2.24) is 20.0 Å². The number of benzene rings is 3. The van der Waals surface area contributed by atoms with Crippen molar-refractivity contribution < 1.29 is 19.1 Å². The first-order valence-electron chi connectivity index (χ1n) is 11.6. The summed E-state index contributed by atoms with van der Waals surface area (Å²) in [5, 5.41) is 7.89. The lowest BCUT2D eigenvalue weighted by Crippen LogP contribution is -2.50. The lowest BCUT2D eigenvalue weighted by Gasteiger charge is -2.34. The zero-order chi connectivity index (χ0) is 25.1. The number of fused-ring (bicyclic) bond motifs is 1. The van der Waals surface area contributed by atoms with Crippen molar-refractivity contribution in [2.45, 2.75) is 6.61 Å². The molecule has 4 aromatic rings. The second-order valence-electron chi connectivity index (χ2n) is 8.55. The van der Waals surface area contributed by atoms with E-state index in [4.69, 9.17) is 10.5 Å². The molecule has 0 unspecified atom stereocenters. The van der Waals surface area contributed by atoms with Gasteiger partial charge in [0.1, 0.15) is 12.4 Å². The number of nitrogens with zero attached hydrogens (tertiary/aromatic N) is 3. The summed E-state index contributed by atoms with van der Waals surface area (Å²) in [5.74, 6) is -0.415. The SMILES string of the molecule is NC(=O)c1ccccc1OCc1cccc(C(=O)N2CCN(C(=O)c3n[nH]c4ccccc34)CC2)c1. The van der Waals surface area contributed by atoms with Crippen LogP contribution in [0.4, 0.5) is 0 Å². The molecular weight excluding hydrogens is 458 g/mol. The molecule has 0 saturated carbocycles. The lowest BCUT2D eigenvalue weighted by atomic mass is 10.1. The Morgan fingerprint density at radius 2 is 1.56 bits per heavy atom. The van der Waals surface area contributed by atoms with E-state index in [9.17, 15) is 14.4 Å². The molecule has 0 aliphatic carbocycles. The van der Waals surface area contributed by atoms with Gasteiger partial charge in [0, 0.05) is 37.1 Å². The van der Waals surface area contributed by atoms with Gasteiger partial charge in [-0.2, -0.15) is 5.10 Å². The van der Waals surface area contributed by atoms with E-state index in [2.05, 4.69) is 10.2 Å². The molecule has 0 radical (unpaired) electrons. The Kier molecular flexibility index (Phi) is 6.36. The summed E-state index contributed by atoms with van der Waals surface area (Å²) in [7, 11) is 0. The molecule has 182 valence electrons. The second-order valence-corrected chi connectivity index (χ2v) is 8.55. The molecule has 0 spiro atoms. The van der Waals surface area contributed by atoms with Gasteiger partial charge in [-0.15, -0.1) is 0 Å². The van der Waals surface area contributed by atoms with Gasteiger partial charge in [-0.05, 0) is 35.9 Å². The standard InChI is InChI=1S/C27H25N5O4/c28-25(33)21-9-2-4-11-23(21)36-17-18-6-5-7-19(16-18)26(34)31-12-14-32(15-13-31)27(35)24-20-8-1-3-10-22(20)29-30-24/h1-11,16H,12-15,17H2,(H2,28,33)(H,29,30). The molecule has 1 fully saturated rings. The molecule has 2 heterocycles. The number of para-hydroxylation sites is 2. The topological polar surface area (TPSA) is 122 Å². The van der Waals surface area contributed by atoms with E-state index < -0.39 is 5.91 Å². The normalized spacial score (nSPS) is 13.6. The van der Waals surface area contributed by atoms with Crippen LogP contribution in [0.1, 0.15) is 36.8 Å². The highest BCUT2D eigenvalue weighted by Gasteiger charge is 2.27. The number of hydrogen-bond donors (Lipinski definition) is 2. The molecular formula is C27H25N5O4. The van der Waals surface area contributed by atoms with Crippen molar-refractivity contribution in [2.75, 3.05) is 26.2 Å². The highest BCUT2D eigenvalue weighted by atomic mass is 16.5. The van der Waals surface area contributed by atoms with Crippen molar-refractivity contribution in [2.24, 2.45) is 5.73 Å². The van der Waals surface area contributed by atoms with Gasteiger partial charge in [-0.25, -0.2) is 0 Å². The largest absolute Gasteiger partial charge is 0.488 e. The molecule has 1 aliphatic rings. The number of primary amides is 1. The number of piperazine rings is 1. The number of hydrogen-bond acceptors (Lipinski definition) is 5. The van der Waals surface area contributed by atoms with Crippen molar-refractivity contribution in [1.29, 1.82) is 0 Å². The van der Waals surface area contributed by atoms with Gasteiger partial charge in [0.25, 0.3) is 17.7 Å². The predicted octanol–water partition coefficient (Wildman–Crippen LogP) is 2.84. The molecule has 9 heteroatoms. The van der Waals surface area contributed by atoms with Gasteiger partial charge < -0.3 is 20.3 Å². The third-order valence-corrected chi connectivity index (χ3v) is 6.25. The highest BCUT2D eigenvalue weighted by Crippen LogP contribution is 2.21. The Balaban J connectivity index is 1.21. The molecule has 1 aliphatic heterocycles. The van der Waals surface area contributed by atoms with E-state index >= 15 is 0 Å². The molecule has 3 N–H and O–H groups in total. The number of carbonyl (C=O) groups is 3. The minimum absolute atomic E-state index is 0.105. The quantitative estimate of drug-likeness (QED) is 0.437. The van der Waals surface area contributed by atoms with E-state index in [1.165, 1.54) is 0 Å². The maximum absolute atomic E-state index is 13.2. The van der Waals surface area contributed by atoms with Crippen LogP contribution in [0.25, 0.3) is 10.9 Å². The summed E-state index contributed by atoms with van der Waals surface area (Å²) < 4.78 is 5.79. The van der Waals surface area contributed by atoms with Gasteiger partial charge in [-0.3, -0.25) is 19.5 Å². The van der Waals surface area contributed by atoms with Crippen molar-refractivity contribution in [3.05, 3.63) is 95.2 Å². The summed E-state index contributed by atoms with van der Waals surface area (Å²) in [6.07, 6.45) is 0. The van der Waals surface area contributed by atoms with Crippen LogP contribution >= 0.6 is 0 Å². The molecule has 3 amide bonds. The average molecular weight is 484 g/mol. The first-order valence-corrected chi connectivity index (χ1v) is 11.6. The van der Waals surface area contributed by atoms with Crippen LogP contribution in [0.15, 0.2) is 72.8 Å². The summed E-state index contributed by atoms with van der Waals surface area (Å²) >= 11 is 0. The van der Waals surface area contributed by atoms with Crippen LogP contribution in [0.3, 0.4) is 0 Å². The minimum atomic E-state index is -0.562. The number of ether oxygens (including phenoxy) is 1. The van der Waals surface area contributed by atoms with Gasteiger partial charge in [0.15, 0.2) is 5.69 Å². The Morgan fingerprint density at radius 1 is 0.861 bits per heavy atom. The van der Waals surface area contributed by atoms with Crippen LogP contribution in [-0.4, -0.2) is 63.9 Å². The summed E-state index contributed by atoms with van der Waals surface area (Å²) in [6, 6.07) is 21.5. The van der Waals surface area contributed by atoms with Gasteiger partial charge in [0.05, 0.1) is 11.1 Å². The van der Waals surface area contributed by atoms with E-state index in [1.54, 1.807) is 52.3 Å². The maximum Gasteiger partial charge on any atom is 0.275 e. The zero-order valence-corrected chi connectivity index (χ0v) is 19.5. The third kappa shape index (κ3) is 4.63. The van der Waals surface area contributed by atoms with Crippen LogP contribution in [0.2, 0.25) is 0 Å². The van der Waals surface area contributed by atoms with E-state index in [0.29, 0.717) is 48.7 Å². The van der Waals surface area contributed by atoms with Crippen LogP contribution < -0.4 is 10.5 Å². The third-order valence-electron chi connectivity index (χ3n) is 6.25. The number of amides is 3. The summed E-state index contributed by atoms with van der Waals surface area (Å²) in [5.41, 5.74) is 8.26. The monoisotopic (exact) mass is 483 g/mol. The summed E-state index contributed by atoms with van der Waals surface area (Å²) in [6.45, 7) is 1.90. The molecule has 1 saturated heterocycles. The fraction of sp³-hybridized carbons (Fsp3) is 0.185. The Hall–Kier alpha value is -4.66. The lowest BCUT2D eigenvalue weighted by molar-refractivity contribution is 0.0533. The highest BCUT2D eigenvalue weighted by molar-refractivity contribution is 6.04. The minimum Gasteiger partial charge on any atom is -0.488 e. The average Bonchev–Trinajstić information content (AvgIpc) is 3.36. The number of rotatable bonds is 6. The molecule has 9 nitrogen and oxygen atoms in total. The van der Waals surface area contributed by atoms with Gasteiger partial charge >= 0.3 is 0 Å². The first kappa shape index (κ1) is 23.1. The fourth-order valence-electron chi connectivity index (χ4n) is 4.32. The van der Waals surface area contributed by atoms with Gasteiger partial charge in [0.2, 0.25) is 0 Å². The zero-order valence-electron chi connectivity index (χ0n) is 19.5. The number of nitrogens with two attached hydrogens (primary N) is 1. The number of carbonyl (C=O) groups excluding carboxylic acids is 3. The molecule has 36 heavy (non-hydrogen) atoms. The predicted molar refractivity (Wildman–Crippen MR) is 134 cm³/mol. The van der Waals surface area contributed by atoms with Crippen molar-refractivity contribution >= 4 is 28.6 Å². The smallest absolute Gasteiger partial charge is 0.275 e. The first-order chi connectivity index (χ1) is 17.5. The van der Waals surface area contributed by atoms with Crippen LogP contribution in [0, 0.1) is 0 Å². The van der Waals surface area contributed by atoms with E-state index in [1.807, 2.05) is 30.3 Å². The van der Waals surface area contributed by atoms with E-state index in [0.717, 1.165) is 16.5 Å². The van der Waals surface area contributed by atoms with E-state index in [-0.39, 0.29) is 18.4 Å². The Morgan fingerprint density at radius 3 is 2.33 bits per heavy atom. The number of aromatic nitrogens is 2. The second kappa shape index (κ2) is 9.91. The maximum atomic E-state index is 13.2. The Labute approximate surface area is 207 Å². The number of H-pyrrole nitrogens is 1. The fourth-order valence-corrected chi connectivity index (χ4v) is 4.32. The Bertz CT molecular complexity index is 1440. The van der Waals surface area contributed by atoms with Crippen molar-refractivity contribution in [3.63, 3.8) is 0 Å². The molecule has 1 aromatic heterocycles. The molecule has 0 bridgehead atoms.